The minimum Gasteiger partial charge on any atom is -0.496 e. The Labute approximate surface area is 183 Å². The summed E-state index contributed by atoms with van der Waals surface area (Å²) in [5.41, 5.74) is -0.199. The first-order valence-corrected chi connectivity index (χ1v) is 10.2. The zero-order valence-electron chi connectivity index (χ0n) is 17.2. The van der Waals surface area contributed by atoms with Crippen LogP contribution in [-0.4, -0.2) is 31.4 Å². The van der Waals surface area contributed by atoms with Crippen molar-refractivity contribution in [2.45, 2.75) is 18.9 Å². The molecule has 5 rings (SSSR count). The van der Waals surface area contributed by atoms with Gasteiger partial charge in [-0.25, -0.2) is 0 Å². The lowest BCUT2D eigenvalue weighted by atomic mass is 9.71. The highest BCUT2D eigenvalue weighted by molar-refractivity contribution is 6.35. The Morgan fingerprint density at radius 3 is 2.55 bits per heavy atom. The Bertz CT molecular complexity index is 1250. The average molecular weight is 439 g/mol. The molecule has 0 saturated carbocycles. The monoisotopic (exact) mass is 438 g/mol. The van der Waals surface area contributed by atoms with Gasteiger partial charge in [0.25, 0.3) is 0 Å². The predicted octanol–water partition coefficient (Wildman–Crippen LogP) is 5.11. The van der Waals surface area contributed by atoms with Crippen LogP contribution in [0.4, 0.5) is 0 Å². The van der Waals surface area contributed by atoms with E-state index in [0.29, 0.717) is 28.4 Å². The van der Waals surface area contributed by atoms with E-state index in [2.05, 4.69) is 0 Å². The van der Waals surface area contributed by atoms with Crippen LogP contribution in [0.1, 0.15) is 29.5 Å². The van der Waals surface area contributed by atoms with Crippen molar-refractivity contribution in [3.63, 3.8) is 0 Å². The Morgan fingerprint density at radius 2 is 1.84 bits per heavy atom. The molecule has 1 aliphatic carbocycles. The fraction of sp³-hybridized carbons (Fsp3) is 0.250. The van der Waals surface area contributed by atoms with E-state index in [1.54, 1.807) is 6.07 Å². The Kier molecular flexibility index (Phi) is 4.38. The number of Topliss-reactive ketones (excluding diaryl/α,β-unsaturated/α-hetero) is 1. The molecule has 0 radical (unpaired) electrons. The molecule has 6 nitrogen and oxygen atoms in total. The minimum absolute atomic E-state index is 0.100. The van der Waals surface area contributed by atoms with Crippen LogP contribution in [0.15, 0.2) is 46.9 Å². The number of ketones is 2. The third-order valence-corrected chi connectivity index (χ3v) is 6.37. The highest BCUT2D eigenvalue weighted by Gasteiger charge is 2.59. The standard InChI is InChI=1S/C24H19ClO6/c1-12-8-14(26)10-15(17-9-13-6-4-5-7-16(13)30-17)24(12)23(27)20-18(28-2)11-19(29-3)21(25)22(20)31-24/h4-7,9-12H,8H2,1-3H3/t12-,24+/m1/s1. The normalized spacial score (nSPS) is 22.5. The van der Waals surface area contributed by atoms with Crippen molar-refractivity contribution in [2.75, 3.05) is 14.2 Å². The van der Waals surface area contributed by atoms with Gasteiger partial charge in [-0.1, -0.05) is 36.7 Å². The van der Waals surface area contributed by atoms with Gasteiger partial charge in [0.05, 0.1) is 14.2 Å². The fourth-order valence-corrected chi connectivity index (χ4v) is 4.77. The molecule has 2 heterocycles. The molecule has 1 aromatic heterocycles. The van der Waals surface area contributed by atoms with Crippen LogP contribution >= 0.6 is 11.6 Å². The van der Waals surface area contributed by atoms with Crippen LogP contribution in [0, 0.1) is 5.92 Å². The second-order valence-corrected chi connectivity index (χ2v) is 8.12. The molecule has 0 amide bonds. The van der Waals surface area contributed by atoms with Crippen LogP contribution in [0.3, 0.4) is 0 Å². The molecule has 0 saturated heterocycles. The molecule has 7 heteroatoms. The number of hydrogen-bond acceptors (Lipinski definition) is 6. The van der Waals surface area contributed by atoms with Gasteiger partial charge in [0, 0.05) is 29.4 Å². The van der Waals surface area contributed by atoms with Gasteiger partial charge in [-0.2, -0.15) is 0 Å². The van der Waals surface area contributed by atoms with E-state index in [0.717, 1.165) is 5.39 Å². The number of allylic oxidation sites excluding steroid dienone is 1. The summed E-state index contributed by atoms with van der Waals surface area (Å²) in [6.45, 7) is 1.81. The van der Waals surface area contributed by atoms with Gasteiger partial charge in [0.15, 0.2) is 11.5 Å². The molecule has 0 bridgehead atoms. The summed E-state index contributed by atoms with van der Waals surface area (Å²) in [4.78, 5) is 26.4. The summed E-state index contributed by atoms with van der Waals surface area (Å²) >= 11 is 6.52. The van der Waals surface area contributed by atoms with Crippen molar-refractivity contribution in [1.82, 2.24) is 0 Å². The molecule has 0 fully saturated rings. The van der Waals surface area contributed by atoms with E-state index in [4.69, 9.17) is 30.2 Å². The number of carbonyl (C=O) groups is 2. The lowest BCUT2D eigenvalue weighted by Crippen LogP contribution is -2.50. The summed E-state index contributed by atoms with van der Waals surface area (Å²) in [5.74, 6) is 0.338. The van der Waals surface area contributed by atoms with Crippen LogP contribution in [0.5, 0.6) is 17.2 Å². The maximum atomic E-state index is 13.9. The van der Waals surface area contributed by atoms with Crippen molar-refractivity contribution < 1.29 is 28.2 Å². The number of furan rings is 1. The number of carbonyl (C=O) groups excluding carboxylic acids is 2. The lowest BCUT2D eigenvalue weighted by Gasteiger charge is -2.37. The van der Waals surface area contributed by atoms with E-state index in [-0.39, 0.29) is 34.3 Å². The summed E-state index contributed by atoms with van der Waals surface area (Å²) in [6.07, 6.45) is 1.60. The Morgan fingerprint density at radius 1 is 1.10 bits per heavy atom. The molecular weight excluding hydrogens is 420 g/mol. The minimum atomic E-state index is -1.46. The van der Waals surface area contributed by atoms with Crippen molar-refractivity contribution in [3.05, 3.63) is 58.8 Å². The highest BCUT2D eigenvalue weighted by atomic mass is 35.5. The zero-order valence-corrected chi connectivity index (χ0v) is 17.9. The number of methoxy groups -OCH3 is 2. The molecule has 0 N–H and O–H groups in total. The number of rotatable bonds is 3. The number of hydrogen-bond donors (Lipinski definition) is 0. The largest absolute Gasteiger partial charge is 0.496 e. The van der Waals surface area contributed by atoms with Gasteiger partial charge < -0.3 is 18.6 Å². The molecule has 2 aliphatic rings. The van der Waals surface area contributed by atoms with Crippen molar-refractivity contribution in [3.8, 4) is 17.2 Å². The number of halogens is 1. The second-order valence-electron chi connectivity index (χ2n) is 7.74. The highest BCUT2D eigenvalue weighted by Crippen LogP contribution is 2.56. The predicted molar refractivity (Wildman–Crippen MR) is 115 cm³/mol. The van der Waals surface area contributed by atoms with Crippen LogP contribution in [0.25, 0.3) is 16.5 Å². The first-order chi connectivity index (χ1) is 14.9. The van der Waals surface area contributed by atoms with Gasteiger partial charge in [0.1, 0.15) is 33.4 Å². The SMILES string of the molecule is COc1cc(OC)c2c(c1Cl)O[C@]1(C2=O)C(c2cc3ccccc3o2)=CC(=O)C[C@H]1C. The van der Waals surface area contributed by atoms with Crippen LogP contribution in [-0.2, 0) is 4.79 Å². The van der Waals surface area contributed by atoms with Crippen molar-refractivity contribution in [1.29, 1.82) is 0 Å². The fourth-order valence-electron chi connectivity index (χ4n) is 4.51. The van der Waals surface area contributed by atoms with Gasteiger partial charge in [-0.3, -0.25) is 9.59 Å². The molecule has 31 heavy (non-hydrogen) atoms. The smallest absolute Gasteiger partial charge is 0.219 e. The molecule has 3 aromatic rings. The Hall–Kier alpha value is -3.25. The third kappa shape index (κ3) is 2.64. The molecule has 158 valence electrons. The summed E-state index contributed by atoms with van der Waals surface area (Å²) in [7, 11) is 2.94. The molecule has 0 unspecified atom stereocenters. The molecule has 2 aromatic carbocycles. The van der Waals surface area contributed by atoms with Crippen molar-refractivity contribution >= 4 is 39.7 Å². The Balaban J connectivity index is 1.76. The zero-order chi connectivity index (χ0) is 21.9. The number of para-hydroxylation sites is 1. The van der Waals surface area contributed by atoms with Gasteiger partial charge in [-0.05, 0) is 18.2 Å². The van der Waals surface area contributed by atoms with Gasteiger partial charge in [0.2, 0.25) is 11.4 Å². The quantitative estimate of drug-likeness (QED) is 0.565. The third-order valence-electron chi connectivity index (χ3n) is 6.02. The lowest BCUT2D eigenvalue weighted by molar-refractivity contribution is -0.116. The molecule has 1 spiro atoms. The second kappa shape index (κ2) is 6.89. The first kappa shape index (κ1) is 19.7. The van der Waals surface area contributed by atoms with Crippen LogP contribution < -0.4 is 14.2 Å². The van der Waals surface area contributed by atoms with Gasteiger partial charge >= 0.3 is 0 Å². The maximum Gasteiger partial charge on any atom is 0.219 e. The van der Waals surface area contributed by atoms with E-state index in [1.807, 2.05) is 37.3 Å². The van der Waals surface area contributed by atoms with E-state index in [1.165, 1.54) is 20.3 Å². The number of fused-ring (bicyclic) bond motifs is 2. The van der Waals surface area contributed by atoms with Crippen LogP contribution in [0.2, 0.25) is 5.02 Å². The topological polar surface area (TPSA) is 75.0 Å². The first-order valence-electron chi connectivity index (χ1n) is 9.83. The van der Waals surface area contributed by atoms with Gasteiger partial charge in [-0.15, -0.1) is 0 Å². The van der Waals surface area contributed by atoms with E-state index in [9.17, 15) is 9.59 Å². The summed E-state index contributed by atoms with van der Waals surface area (Å²) in [6, 6.07) is 10.9. The average Bonchev–Trinajstić information content (AvgIpc) is 3.32. The number of ether oxygens (including phenoxy) is 3. The van der Waals surface area contributed by atoms with E-state index < -0.39 is 11.5 Å². The van der Waals surface area contributed by atoms with Crippen molar-refractivity contribution in [2.24, 2.45) is 5.92 Å². The summed E-state index contributed by atoms with van der Waals surface area (Å²) in [5, 5.41) is 1.04. The molecule has 1 aliphatic heterocycles. The maximum absolute atomic E-state index is 13.9. The molecular formula is C24H19ClO6. The number of benzene rings is 2. The van der Waals surface area contributed by atoms with E-state index >= 15 is 0 Å². The summed E-state index contributed by atoms with van der Waals surface area (Å²) < 4.78 is 23.2. The molecule has 2 atom stereocenters.